The number of carbonyl (C=O) groups excluding carboxylic acids is 1. The SMILES string of the molecule is C[N+]1(CC2=C(C(=O)O)N3C(=O)C(N[Si](C)(C)C)[C@H]3SC2)CCCC1.[I-]. The first-order chi connectivity index (χ1) is 11.1. The first-order valence-corrected chi connectivity index (χ1v) is 13.2. The number of aliphatic carboxylic acids is 1. The summed E-state index contributed by atoms with van der Waals surface area (Å²) >= 11 is 1.71. The molecule has 142 valence electrons. The lowest BCUT2D eigenvalue weighted by atomic mass is 10.0. The number of β-lactam (4-membered cyclic amide) rings is 1. The van der Waals surface area contributed by atoms with E-state index in [0.29, 0.717) is 5.75 Å². The summed E-state index contributed by atoms with van der Waals surface area (Å²) in [6, 6.07) is -0.228. The molecule has 0 radical (unpaired) electrons. The summed E-state index contributed by atoms with van der Waals surface area (Å²) in [4.78, 5) is 29.5. The van der Waals surface area contributed by atoms with Crippen molar-refractivity contribution in [3.05, 3.63) is 11.3 Å². The lowest BCUT2D eigenvalue weighted by Gasteiger charge is -2.51. The van der Waals surface area contributed by atoms with Crippen LogP contribution in [-0.2, 0) is 9.59 Å². The van der Waals surface area contributed by atoms with Gasteiger partial charge in [0.15, 0.2) is 0 Å². The van der Waals surface area contributed by atoms with Gasteiger partial charge in [0.25, 0.3) is 0 Å². The van der Waals surface area contributed by atoms with Gasteiger partial charge in [0.1, 0.15) is 31.9 Å². The maximum absolute atomic E-state index is 12.6. The molecule has 3 heterocycles. The van der Waals surface area contributed by atoms with E-state index in [-0.39, 0.29) is 47.0 Å². The summed E-state index contributed by atoms with van der Waals surface area (Å²) in [5.41, 5.74) is 1.18. The number of quaternary nitrogens is 1. The fraction of sp³-hybridized carbons (Fsp3) is 0.750. The smallest absolute Gasteiger partial charge is 0.352 e. The number of nitrogens with zero attached hydrogens (tertiary/aromatic N) is 2. The number of likely N-dealkylation sites (tertiary alicyclic amines) is 1. The zero-order chi connectivity index (χ0) is 17.7. The van der Waals surface area contributed by atoms with Crippen molar-refractivity contribution >= 4 is 31.9 Å². The highest BCUT2D eigenvalue weighted by atomic mass is 127. The van der Waals surface area contributed by atoms with Crippen LogP contribution in [0.1, 0.15) is 12.8 Å². The van der Waals surface area contributed by atoms with Crippen LogP contribution in [0.2, 0.25) is 19.6 Å². The quantitative estimate of drug-likeness (QED) is 0.205. The molecule has 25 heavy (non-hydrogen) atoms. The molecule has 1 unspecified atom stereocenters. The topological polar surface area (TPSA) is 69.6 Å². The van der Waals surface area contributed by atoms with E-state index in [1.165, 1.54) is 17.7 Å². The number of rotatable bonds is 5. The molecule has 1 amide bonds. The van der Waals surface area contributed by atoms with Crippen molar-refractivity contribution < 1.29 is 43.2 Å². The third-order valence-corrected chi connectivity index (χ3v) is 7.57. The number of hydrogen-bond donors (Lipinski definition) is 2. The van der Waals surface area contributed by atoms with Crippen LogP contribution in [0.25, 0.3) is 0 Å². The van der Waals surface area contributed by atoms with E-state index in [1.54, 1.807) is 11.8 Å². The van der Waals surface area contributed by atoms with Gasteiger partial charge >= 0.3 is 5.97 Å². The summed E-state index contributed by atoms with van der Waals surface area (Å²) in [6.07, 6.45) is 2.40. The van der Waals surface area contributed by atoms with Crippen molar-refractivity contribution in [1.82, 2.24) is 9.88 Å². The Kier molecular flexibility index (Phi) is 6.35. The van der Waals surface area contributed by atoms with Gasteiger partial charge in [0, 0.05) is 24.2 Å². The monoisotopic (exact) mass is 497 g/mol. The van der Waals surface area contributed by atoms with Gasteiger partial charge in [-0.1, -0.05) is 19.6 Å². The van der Waals surface area contributed by atoms with Gasteiger partial charge in [-0.3, -0.25) is 9.69 Å². The molecule has 2 N–H and O–H groups in total. The molecular weight excluding hydrogens is 469 g/mol. The summed E-state index contributed by atoms with van der Waals surface area (Å²) in [5, 5.41) is 9.68. The van der Waals surface area contributed by atoms with Crippen LogP contribution in [0.4, 0.5) is 0 Å². The molecule has 3 aliphatic rings. The number of nitrogens with one attached hydrogen (secondary N) is 1. The average molecular weight is 497 g/mol. The van der Waals surface area contributed by atoms with Gasteiger partial charge < -0.3 is 38.5 Å². The minimum absolute atomic E-state index is 0. The Morgan fingerprint density at radius 3 is 2.48 bits per heavy atom. The molecule has 0 aromatic rings. The molecule has 0 aromatic heterocycles. The van der Waals surface area contributed by atoms with Crippen LogP contribution in [0.5, 0.6) is 0 Å². The van der Waals surface area contributed by atoms with E-state index in [1.807, 2.05) is 0 Å². The van der Waals surface area contributed by atoms with Crippen LogP contribution >= 0.6 is 11.8 Å². The van der Waals surface area contributed by atoms with Gasteiger partial charge in [-0.15, -0.1) is 11.8 Å². The van der Waals surface area contributed by atoms with E-state index < -0.39 is 14.2 Å². The first kappa shape index (κ1) is 21.2. The Hall–Kier alpha value is -0.103. The molecule has 9 heteroatoms. The first-order valence-electron chi connectivity index (χ1n) is 8.63. The second kappa shape index (κ2) is 7.49. The molecule has 2 fully saturated rings. The normalized spacial score (nSPS) is 28.3. The van der Waals surface area contributed by atoms with Crippen molar-refractivity contribution in [3.63, 3.8) is 0 Å². The molecule has 2 saturated heterocycles. The van der Waals surface area contributed by atoms with Crippen LogP contribution in [0.3, 0.4) is 0 Å². The second-order valence-electron chi connectivity index (χ2n) is 8.47. The van der Waals surface area contributed by atoms with E-state index in [4.69, 9.17) is 0 Å². The molecule has 3 rings (SSSR count). The largest absolute Gasteiger partial charge is 1.00 e. The maximum Gasteiger partial charge on any atom is 0.352 e. The highest BCUT2D eigenvalue weighted by molar-refractivity contribution is 8.00. The highest BCUT2D eigenvalue weighted by Gasteiger charge is 2.54. The number of carboxylic acid groups (broad SMARTS) is 1. The van der Waals surface area contributed by atoms with Gasteiger partial charge in [0.05, 0.1) is 20.1 Å². The number of likely N-dealkylation sites (N-methyl/N-ethyl adjacent to an activating group) is 1. The van der Waals surface area contributed by atoms with E-state index in [9.17, 15) is 14.7 Å². The zero-order valence-electron chi connectivity index (χ0n) is 15.3. The Morgan fingerprint density at radius 2 is 1.96 bits per heavy atom. The van der Waals surface area contributed by atoms with Crippen molar-refractivity contribution in [1.29, 1.82) is 0 Å². The lowest BCUT2D eigenvalue weighted by molar-refractivity contribution is -0.893. The molecule has 0 bridgehead atoms. The van der Waals surface area contributed by atoms with Crippen molar-refractivity contribution in [2.45, 2.75) is 43.9 Å². The van der Waals surface area contributed by atoms with Crippen LogP contribution < -0.4 is 29.0 Å². The molecule has 0 aromatic carbocycles. The predicted molar refractivity (Wildman–Crippen MR) is 98.0 cm³/mol. The average Bonchev–Trinajstić information content (AvgIpc) is 2.89. The number of hydrogen-bond acceptors (Lipinski definition) is 4. The number of halogens is 1. The Bertz CT molecular complexity index is 602. The Labute approximate surface area is 172 Å². The van der Waals surface area contributed by atoms with Gasteiger partial charge in [0.2, 0.25) is 5.91 Å². The molecule has 0 aliphatic carbocycles. The maximum atomic E-state index is 12.6. The van der Waals surface area contributed by atoms with Crippen molar-refractivity contribution in [3.8, 4) is 0 Å². The zero-order valence-corrected chi connectivity index (χ0v) is 19.3. The highest BCUT2D eigenvalue weighted by Crippen LogP contribution is 2.41. The van der Waals surface area contributed by atoms with Crippen LogP contribution in [-0.4, -0.2) is 78.5 Å². The van der Waals surface area contributed by atoms with E-state index >= 15 is 0 Å². The Morgan fingerprint density at radius 1 is 1.36 bits per heavy atom. The summed E-state index contributed by atoms with van der Waals surface area (Å²) in [7, 11) is 0.605. The summed E-state index contributed by atoms with van der Waals surface area (Å²) in [5.74, 6) is -0.317. The van der Waals surface area contributed by atoms with Crippen LogP contribution in [0.15, 0.2) is 11.3 Å². The molecule has 3 aliphatic heterocycles. The summed E-state index contributed by atoms with van der Waals surface area (Å²) < 4.78 is 0.899. The fourth-order valence-electron chi connectivity index (χ4n) is 3.99. The molecule has 2 atom stereocenters. The molecule has 6 nitrogen and oxygen atoms in total. The number of thioether (sulfide) groups is 1. The number of amides is 1. The van der Waals surface area contributed by atoms with Gasteiger partial charge in [-0.25, -0.2) is 4.79 Å². The standard InChI is InChI=1S/C16H27N3O3SSi.HI/c1-19(7-5-6-8-19)9-11-10-23-15-12(17-24(2,3)4)14(20)18(15)13(11)16(21)22;/h12,15,17H,5-10H2,1-4H3;1H/t12?,15-;/m1./s1. The Balaban J connectivity index is 0.00000225. The number of carbonyl (C=O) groups is 2. The predicted octanol–water partition coefficient (Wildman–Crippen LogP) is -1.72. The molecule has 0 spiro atoms. The van der Waals surface area contributed by atoms with Gasteiger partial charge in [-0.05, 0) is 0 Å². The third-order valence-electron chi connectivity index (χ3n) is 5.06. The van der Waals surface area contributed by atoms with Crippen molar-refractivity contribution in [2.75, 3.05) is 32.4 Å². The van der Waals surface area contributed by atoms with E-state index in [0.717, 1.165) is 29.7 Å². The summed E-state index contributed by atoms with van der Waals surface area (Å²) in [6.45, 7) is 9.42. The van der Waals surface area contributed by atoms with Crippen LogP contribution in [0, 0.1) is 0 Å². The molecule has 0 saturated carbocycles. The lowest BCUT2D eigenvalue weighted by Crippen LogP contribution is -3.00. The molecular formula is C16H28IN3O3SSi. The van der Waals surface area contributed by atoms with Gasteiger partial charge in [-0.2, -0.15) is 0 Å². The third kappa shape index (κ3) is 4.25. The van der Waals surface area contributed by atoms with Crippen molar-refractivity contribution in [2.24, 2.45) is 0 Å². The minimum atomic E-state index is -1.59. The number of fused-ring (bicyclic) bond motifs is 1. The minimum Gasteiger partial charge on any atom is -1.00 e. The van der Waals surface area contributed by atoms with E-state index in [2.05, 4.69) is 31.7 Å². The number of carboxylic acids is 1. The second-order valence-corrected chi connectivity index (χ2v) is 14.4. The fourth-order valence-corrected chi connectivity index (χ4v) is 6.66.